The van der Waals surface area contributed by atoms with Gasteiger partial charge in [-0.25, -0.2) is 0 Å². The Bertz CT molecular complexity index is 336. The minimum atomic E-state index is 0.497. The number of fused-ring (bicyclic) bond motifs is 1. The molecule has 1 aliphatic carbocycles. The molecule has 0 amide bonds. The minimum absolute atomic E-state index is 0.497. The Balaban J connectivity index is 1.80. The first-order valence-corrected chi connectivity index (χ1v) is 6.75. The van der Waals surface area contributed by atoms with Crippen LogP contribution in [0, 0.1) is 5.92 Å². The van der Waals surface area contributed by atoms with Gasteiger partial charge in [0.15, 0.2) is 0 Å². The second kappa shape index (κ2) is 4.62. The molecule has 3 rings (SSSR count). The molecule has 2 nitrogen and oxygen atoms in total. The number of nitrogens with one attached hydrogen (secondary N) is 1. The van der Waals surface area contributed by atoms with Crippen LogP contribution in [0.15, 0.2) is 16.7 Å². The zero-order chi connectivity index (χ0) is 10.8. The summed E-state index contributed by atoms with van der Waals surface area (Å²) in [6.07, 6.45) is 11.4. The lowest BCUT2D eigenvalue weighted by molar-refractivity contribution is 0.271. The average Bonchev–Trinajstić information content (AvgIpc) is 2.63. The van der Waals surface area contributed by atoms with E-state index in [9.17, 15) is 0 Å². The smallest absolute Gasteiger partial charge is 0.124 e. The lowest BCUT2D eigenvalue weighted by Gasteiger charge is -2.29. The highest BCUT2D eigenvalue weighted by Crippen LogP contribution is 2.36. The van der Waals surface area contributed by atoms with Crippen LogP contribution in [0.25, 0.3) is 0 Å². The van der Waals surface area contributed by atoms with Crippen molar-refractivity contribution < 1.29 is 4.42 Å². The van der Waals surface area contributed by atoms with Crippen LogP contribution in [0.5, 0.6) is 0 Å². The van der Waals surface area contributed by atoms with Gasteiger partial charge in [-0.3, -0.25) is 0 Å². The SMILES string of the molecule is c1cc2c(o1)C(C1CCCCCC1)NCC2. The Morgan fingerprint density at radius 2 is 1.94 bits per heavy atom. The third kappa shape index (κ3) is 1.91. The van der Waals surface area contributed by atoms with E-state index in [-0.39, 0.29) is 0 Å². The van der Waals surface area contributed by atoms with Gasteiger partial charge in [0.2, 0.25) is 0 Å². The molecule has 88 valence electrons. The van der Waals surface area contributed by atoms with Gasteiger partial charge in [-0.05, 0) is 43.4 Å². The molecule has 1 aliphatic heterocycles. The van der Waals surface area contributed by atoms with Crippen LogP contribution >= 0.6 is 0 Å². The van der Waals surface area contributed by atoms with Crippen LogP contribution in [-0.2, 0) is 6.42 Å². The summed E-state index contributed by atoms with van der Waals surface area (Å²) in [6.45, 7) is 1.12. The average molecular weight is 219 g/mol. The molecule has 0 spiro atoms. The Hall–Kier alpha value is -0.760. The summed E-state index contributed by atoms with van der Waals surface area (Å²) < 4.78 is 5.70. The van der Waals surface area contributed by atoms with Crippen molar-refractivity contribution in [2.45, 2.75) is 51.0 Å². The summed E-state index contributed by atoms with van der Waals surface area (Å²) in [5.74, 6) is 2.03. The van der Waals surface area contributed by atoms with Gasteiger partial charge in [-0.15, -0.1) is 0 Å². The summed E-state index contributed by atoms with van der Waals surface area (Å²) in [7, 11) is 0. The maximum absolute atomic E-state index is 5.70. The number of rotatable bonds is 1. The van der Waals surface area contributed by atoms with E-state index in [1.807, 2.05) is 6.26 Å². The molecule has 1 unspecified atom stereocenters. The van der Waals surface area contributed by atoms with Crippen LogP contribution < -0.4 is 5.32 Å². The maximum atomic E-state index is 5.70. The van der Waals surface area contributed by atoms with E-state index in [1.165, 1.54) is 49.8 Å². The largest absolute Gasteiger partial charge is 0.467 e. The molecule has 2 heteroatoms. The summed E-state index contributed by atoms with van der Waals surface area (Å²) >= 11 is 0. The van der Waals surface area contributed by atoms with Gasteiger partial charge < -0.3 is 9.73 Å². The van der Waals surface area contributed by atoms with Crippen molar-refractivity contribution in [1.29, 1.82) is 0 Å². The topological polar surface area (TPSA) is 25.2 Å². The highest BCUT2D eigenvalue weighted by Gasteiger charge is 2.30. The van der Waals surface area contributed by atoms with E-state index in [0.29, 0.717) is 6.04 Å². The predicted molar refractivity (Wildman–Crippen MR) is 64.3 cm³/mol. The summed E-state index contributed by atoms with van der Waals surface area (Å²) in [5, 5.41) is 3.67. The Kier molecular flexibility index (Phi) is 3.00. The van der Waals surface area contributed by atoms with Crippen LogP contribution in [0.2, 0.25) is 0 Å². The quantitative estimate of drug-likeness (QED) is 0.732. The lowest BCUT2D eigenvalue weighted by Crippen LogP contribution is -2.34. The normalized spacial score (nSPS) is 27.4. The summed E-state index contributed by atoms with van der Waals surface area (Å²) in [5.41, 5.74) is 1.44. The van der Waals surface area contributed by atoms with Crippen molar-refractivity contribution in [3.8, 4) is 0 Å². The number of furan rings is 1. The van der Waals surface area contributed by atoms with E-state index in [4.69, 9.17) is 4.42 Å². The molecule has 0 aromatic carbocycles. The highest BCUT2D eigenvalue weighted by atomic mass is 16.3. The molecule has 2 heterocycles. The Morgan fingerprint density at radius 1 is 1.12 bits per heavy atom. The first-order valence-electron chi connectivity index (χ1n) is 6.75. The van der Waals surface area contributed by atoms with E-state index >= 15 is 0 Å². The number of hydrogen-bond acceptors (Lipinski definition) is 2. The molecule has 1 aromatic rings. The van der Waals surface area contributed by atoms with Gasteiger partial charge in [0.05, 0.1) is 12.3 Å². The molecular formula is C14H21NO. The Labute approximate surface area is 97.4 Å². The molecule has 16 heavy (non-hydrogen) atoms. The van der Waals surface area contributed by atoms with E-state index < -0.39 is 0 Å². The predicted octanol–water partition coefficient (Wildman–Crippen LogP) is 3.44. The zero-order valence-electron chi connectivity index (χ0n) is 9.87. The molecule has 0 radical (unpaired) electrons. The van der Waals surface area contributed by atoms with Gasteiger partial charge in [0.25, 0.3) is 0 Å². The zero-order valence-corrected chi connectivity index (χ0v) is 9.87. The van der Waals surface area contributed by atoms with Gasteiger partial charge in [-0.1, -0.05) is 25.7 Å². The second-order valence-corrected chi connectivity index (χ2v) is 5.24. The van der Waals surface area contributed by atoms with Gasteiger partial charge in [-0.2, -0.15) is 0 Å². The highest BCUT2D eigenvalue weighted by molar-refractivity contribution is 5.24. The van der Waals surface area contributed by atoms with Crippen molar-refractivity contribution in [1.82, 2.24) is 5.32 Å². The van der Waals surface area contributed by atoms with Crippen LogP contribution in [0.4, 0.5) is 0 Å². The van der Waals surface area contributed by atoms with Crippen molar-refractivity contribution in [3.63, 3.8) is 0 Å². The fourth-order valence-corrected chi connectivity index (χ4v) is 3.31. The molecule has 2 aliphatic rings. The fourth-order valence-electron chi connectivity index (χ4n) is 3.31. The molecule has 1 N–H and O–H groups in total. The fraction of sp³-hybridized carbons (Fsp3) is 0.714. The molecule has 1 atom stereocenters. The third-order valence-electron chi connectivity index (χ3n) is 4.19. The van der Waals surface area contributed by atoms with Crippen LogP contribution in [0.3, 0.4) is 0 Å². The monoisotopic (exact) mass is 219 g/mol. The minimum Gasteiger partial charge on any atom is -0.467 e. The van der Waals surface area contributed by atoms with E-state index in [0.717, 1.165) is 18.9 Å². The van der Waals surface area contributed by atoms with Gasteiger partial charge in [0, 0.05) is 0 Å². The van der Waals surface area contributed by atoms with Crippen molar-refractivity contribution in [2.75, 3.05) is 6.54 Å². The van der Waals surface area contributed by atoms with Crippen molar-refractivity contribution in [2.24, 2.45) is 5.92 Å². The van der Waals surface area contributed by atoms with E-state index in [1.54, 1.807) is 0 Å². The van der Waals surface area contributed by atoms with E-state index in [2.05, 4.69) is 11.4 Å². The molecule has 1 aromatic heterocycles. The van der Waals surface area contributed by atoms with Crippen molar-refractivity contribution in [3.05, 3.63) is 23.7 Å². The summed E-state index contributed by atoms with van der Waals surface area (Å²) in [6, 6.07) is 2.65. The Morgan fingerprint density at radius 3 is 2.75 bits per heavy atom. The van der Waals surface area contributed by atoms with Crippen LogP contribution in [-0.4, -0.2) is 6.54 Å². The number of hydrogen-bond donors (Lipinski definition) is 1. The van der Waals surface area contributed by atoms with Gasteiger partial charge in [0.1, 0.15) is 5.76 Å². The maximum Gasteiger partial charge on any atom is 0.124 e. The van der Waals surface area contributed by atoms with Crippen LogP contribution in [0.1, 0.15) is 55.9 Å². The molecule has 1 fully saturated rings. The van der Waals surface area contributed by atoms with Crippen molar-refractivity contribution >= 4 is 0 Å². The third-order valence-corrected chi connectivity index (χ3v) is 4.19. The summed E-state index contributed by atoms with van der Waals surface area (Å²) in [4.78, 5) is 0. The first kappa shape index (κ1) is 10.4. The lowest BCUT2D eigenvalue weighted by atomic mass is 9.86. The molecular weight excluding hydrogens is 198 g/mol. The molecule has 0 bridgehead atoms. The standard InChI is InChI=1S/C14H21NO/c1-2-4-6-11(5-3-1)13-14-12(7-9-15-13)8-10-16-14/h8,10-11,13,15H,1-7,9H2. The second-order valence-electron chi connectivity index (χ2n) is 5.24. The van der Waals surface area contributed by atoms with Gasteiger partial charge >= 0.3 is 0 Å². The molecule has 0 saturated heterocycles. The first-order chi connectivity index (χ1) is 7.95. The molecule has 1 saturated carbocycles.